The van der Waals surface area contributed by atoms with Gasteiger partial charge in [-0.05, 0) is 12.5 Å². The Morgan fingerprint density at radius 2 is 1.75 bits per heavy atom. The molecule has 0 aliphatic rings. The van der Waals surface area contributed by atoms with Gasteiger partial charge in [0, 0.05) is 28.4 Å². The van der Waals surface area contributed by atoms with E-state index in [0.29, 0.717) is 0 Å². The van der Waals surface area contributed by atoms with Gasteiger partial charge in [0.1, 0.15) is 0 Å². The Labute approximate surface area is 88.3 Å². The molecule has 1 radical (unpaired) electrons. The fourth-order valence-electron chi connectivity index (χ4n) is 0.954. The molecule has 0 bridgehead atoms. The standard InChI is InChI=1S/C9H13NO.Au/c1-7(10)9(11)8-5-3-2-4-6-8;/h2-7,9,11H,10H2,1H3;/t7-,9-;/m1./s1. The summed E-state index contributed by atoms with van der Waals surface area (Å²) >= 11 is 0. The maximum atomic E-state index is 9.47. The van der Waals surface area contributed by atoms with Gasteiger partial charge >= 0.3 is 0 Å². The van der Waals surface area contributed by atoms with Crippen molar-refractivity contribution in [2.24, 2.45) is 5.73 Å². The third kappa shape index (κ3) is 3.09. The number of rotatable bonds is 2. The molecule has 2 nitrogen and oxygen atoms in total. The maximum absolute atomic E-state index is 9.47. The van der Waals surface area contributed by atoms with Crippen LogP contribution < -0.4 is 5.73 Å². The fraction of sp³-hybridized carbons (Fsp3) is 0.333. The maximum Gasteiger partial charge on any atom is 0.0938 e. The Balaban J connectivity index is 0.00000121. The molecule has 0 fully saturated rings. The zero-order valence-corrected chi connectivity index (χ0v) is 9.03. The van der Waals surface area contributed by atoms with Crippen molar-refractivity contribution in [2.45, 2.75) is 19.1 Å². The smallest absolute Gasteiger partial charge is 0.0938 e. The minimum absolute atomic E-state index is 0. The van der Waals surface area contributed by atoms with Gasteiger partial charge in [0.25, 0.3) is 0 Å². The summed E-state index contributed by atoms with van der Waals surface area (Å²) in [6, 6.07) is 9.22. The van der Waals surface area contributed by atoms with E-state index in [-0.39, 0.29) is 28.4 Å². The van der Waals surface area contributed by atoms with Crippen LogP contribution in [0.2, 0.25) is 0 Å². The Bertz CT molecular complexity index is 213. The number of aliphatic hydroxyl groups is 1. The average molecular weight is 348 g/mol. The van der Waals surface area contributed by atoms with Gasteiger partial charge < -0.3 is 10.8 Å². The second-order valence-corrected chi connectivity index (χ2v) is 2.71. The topological polar surface area (TPSA) is 46.2 Å². The van der Waals surface area contributed by atoms with Crippen LogP contribution in [0, 0.1) is 0 Å². The first-order chi connectivity index (χ1) is 5.22. The van der Waals surface area contributed by atoms with Gasteiger partial charge in [-0.25, -0.2) is 0 Å². The summed E-state index contributed by atoms with van der Waals surface area (Å²) in [5.74, 6) is 0. The Morgan fingerprint density at radius 1 is 1.25 bits per heavy atom. The number of hydrogen-bond donors (Lipinski definition) is 2. The molecule has 2 atom stereocenters. The molecule has 0 aromatic heterocycles. The first kappa shape index (κ1) is 11.9. The summed E-state index contributed by atoms with van der Waals surface area (Å²) in [6.07, 6.45) is -0.545. The molecule has 1 rings (SSSR count). The molecule has 0 aliphatic heterocycles. The van der Waals surface area contributed by atoms with Crippen LogP contribution in [-0.2, 0) is 22.4 Å². The molecule has 12 heavy (non-hydrogen) atoms. The van der Waals surface area contributed by atoms with E-state index in [1.807, 2.05) is 30.3 Å². The van der Waals surface area contributed by atoms with Gasteiger partial charge in [0.05, 0.1) is 6.10 Å². The van der Waals surface area contributed by atoms with Crippen LogP contribution in [0.5, 0.6) is 0 Å². The van der Waals surface area contributed by atoms with Gasteiger partial charge in [-0.2, -0.15) is 0 Å². The van der Waals surface area contributed by atoms with Crippen LogP contribution in [0.1, 0.15) is 18.6 Å². The van der Waals surface area contributed by atoms with Crippen LogP contribution in [-0.4, -0.2) is 11.1 Å². The first-order valence-corrected chi connectivity index (χ1v) is 3.70. The molecule has 1 aromatic rings. The molecule has 0 heterocycles. The minimum atomic E-state index is -0.545. The molecule has 1 aromatic carbocycles. The first-order valence-electron chi connectivity index (χ1n) is 3.70. The van der Waals surface area contributed by atoms with Crippen LogP contribution in [0.15, 0.2) is 30.3 Å². The van der Waals surface area contributed by atoms with Gasteiger partial charge in [-0.15, -0.1) is 0 Å². The monoisotopic (exact) mass is 348 g/mol. The largest absolute Gasteiger partial charge is 0.387 e. The van der Waals surface area contributed by atoms with Crippen molar-refractivity contribution in [3.05, 3.63) is 35.9 Å². The molecular formula is C9H13AuNO. The molecule has 3 heteroatoms. The van der Waals surface area contributed by atoms with Gasteiger partial charge in [0.2, 0.25) is 0 Å². The molecule has 0 amide bonds. The molecule has 0 saturated carbocycles. The zero-order valence-electron chi connectivity index (χ0n) is 6.87. The normalized spacial score (nSPS) is 14.6. The van der Waals surface area contributed by atoms with Crippen molar-refractivity contribution in [1.29, 1.82) is 0 Å². The van der Waals surface area contributed by atoms with E-state index >= 15 is 0 Å². The summed E-state index contributed by atoms with van der Waals surface area (Å²) in [6.45, 7) is 1.79. The minimum Gasteiger partial charge on any atom is -0.387 e. The third-order valence-corrected chi connectivity index (χ3v) is 1.64. The van der Waals surface area contributed by atoms with Gasteiger partial charge in [0.15, 0.2) is 0 Å². The van der Waals surface area contributed by atoms with Crippen molar-refractivity contribution in [3.63, 3.8) is 0 Å². The van der Waals surface area contributed by atoms with Crippen molar-refractivity contribution < 1.29 is 27.5 Å². The molecular weight excluding hydrogens is 335 g/mol. The zero-order chi connectivity index (χ0) is 8.27. The Hall–Kier alpha value is -0.120. The SMILES string of the molecule is C[C@@H](N)[C@@H](O)c1ccccc1.[Au]. The van der Waals surface area contributed by atoms with E-state index in [9.17, 15) is 5.11 Å². The number of nitrogens with two attached hydrogens (primary N) is 1. The quantitative estimate of drug-likeness (QED) is 0.786. The van der Waals surface area contributed by atoms with E-state index in [0.717, 1.165) is 5.56 Å². The molecule has 0 unspecified atom stereocenters. The van der Waals surface area contributed by atoms with E-state index in [4.69, 9.17) is 5.73 Å². The van der Waals surface area contributed by atoms with Gasteiger partial charge in [-0.1, -0.05) is 30.3 Å². The molecule has 71 valence electrons. The molecule has 0 spiro atoms. The van der Waals surface area contributed by atoms with Crippen LogP contribution in [0.3, 0.4) is 0 Å². The summed E-state index contributed by atoms with van der Waals surface area (Å²) < 4.78 is 0. The Kier molecular flexibility index (Phi) is 5.46. The average Bonchev–Trinajstić information content (AvgIpc) is 2.05. The van der Waals surface area contributed by atoms with E-state index in [2.05, 4.69) is 0 Å². The van der Waals surface area contributed by atoms with E-state index in [1.165, 1.54) is 0 Å². The predicted octanol–water partition coefficient (Wildman–Crippen LogP) is 1.06. The second kappa shape index (κ2) is 5.51. The third-order valence-electron chi connectivity index (χ3n) is 1.64. The summed E-state index contributed by atoms with van der Waals surface area (Å²) in [4.78, 5) is 0. The second-order valence-electron chi connectivity index (χ2n) is 2.71. The molecule has 0 saturated heterocycles. The number of aliphatic hydroxyl groups excluding tert-OH is 1. The summed E-state index contributed by atoms with van der Waals surface area (Å²) in [5, 5.41) is 9.47. The van der Waals surface area contributed by atoms with Gasteiger partial charge in [-0.3, -0.25) is 0 Å². The Morgan fingerprint density at radius 3 is 2.17 bits per heavy atom. The predicted molar refractivity (Wildman–Crippen MR) is 45.1 cm³/mol. The van der Waals surface area contributed by atoms with Crippen LogP contribution >= 0.6 is 0 Å². The fourth-order valence-corrected chi connectivity index (χ4v) is 0.954. The number of benzene rings is 1. The van der Waals surface area contributed by atoms with Crippen LogP contribution in [0.4, 0.5) is 0 Å². The van der Waals surface area contributed by atoms with Crippen molar-refractivity contribution in [3.8, 4) is 0 Å². The van der Waals surface area contributed by atoms with Crippen molar-refractivity contribution in [1.82, 2.24) is 0 Å². The van der Waals surface area contributed by atoms with Crippen LogP contribution in [0.25, 0.3) is 0 Å². The number of hydrogen-bond acceptors (Lipinski definition) is 2. The van der Waals surface area contributed by atoms with E-state index < -0.39 is 6.10 Å². The summed E-state index contributed by atoms with van der Waals surface area (Å²) in [7, 11) is 0. The van der Waals surface area contributed by atoms with Crippen molar-refractivity contribution >= 4 is 0 Å². The summed E-state index contributed by atoms with van der Waals surface area (Å²) in [5.41, 5.74) is 6.40. The van der Waals surface area contributed by atoms with Crippen molar-refractivity contribution in [2.75, 3.05) is 0 Å². The molecule has 3 N–H and O–H groups in total. The molecule has 0 aliphatic carbocycles. The van der Waals surface area contributed by atoms with E-state index in [1.54, 1.807) is 6.92 Å².